The van der Waals surface area contributed by atoms with Gasteiger partial charge >= 0.3 is 0 Å². The highest BCUT2D eigenvalue weighted by atomic mass is 35.5. The van der Waals surface area contributed by atoms with E-state index in [0.29, 0.717) is 17.1 Å². The average Bonchev–Trinajstić information content (AvgIpc) is 2.55. The van der Waals surface area contributed by atoms with E-state index in [2.05, 4.69) is 6.07 Å². The maximum absolute atomic E-state index is 8.66. The molecule has 0 amide bonds. The van der Waals surface area contributed by atoms with Gasteiger partial charge in [-0.05, 0) is 11.6 Å². The van der Waals surface area contributed by atoms with E-state index in [1.54, 1.807) is 0 Å². The Morgan fingerprint density at radius 3 is 3.00 bits per heavy atom. The molecule has 0 aliphatic heterocycles. The van der Waals surface area contributed by atoms with Crippen LogP contribution in [0.4, 0.5) is 5.69 Å². The molecular formula is C10H7ClN2S. The first kappa shape index (κ1) is 9.32. The minimum absolute atomic E-state index is 0.370. The van der Waals surface area contributed by atoms with E-state index in [9.17, 15) is 0 Å². The number of halogens is 1. The summed E-state index contributed by atoms with van der Waals surface area (Å²) in [4.78, 5) is 0. The highest BCUT2D eigenvalue weighted by molar-refractivity contribution is 7.18. The molecule has 0 aliphatic carbocycles. The third-order valence-electron chi connectivity index (χ3n) is 2.06. The molecule has 0 fully saturated rings. The molecule has 0 saturated carbocycles. The van der Waals surface area contributed by atoms with Gasteiger partial charge in [-0.15, -0.1) is 11.3 Å². The zero-order valence-electron chi connectivity index (χ0n) is 7.25. The molecule has 0 aliphatic rings. The number of thiophene rings is 1. The minimum Gasteiger partial charge on any atom is -0.398 e. The van der Waals surface area contributed by atoms with E-state index in [-0.39, 0.29) is 0 Å². The molecule has 2 nitrogen and oxygen atoms in total. The minimum atomic E-state index is 0.370. The van der Waals surface area contributed by atoms with Crippen molar-refractivity contribution in [2.75, 3.05) is 5.73 Å². The summed E-state index contributed by atoms with van der Waals surface area (Å²) in [5.41, 5.74) is 7.47. The Morgan fingerprint density at radius 2 is 2.29 bits per heavy atom. The molecule has 1 aromatic heterocycles. The molecule has 0 spiro atoms. The second kappa shape index (κ2) is 3.49. The topological polar surface area (TPSA) is 49.8 Å². The lowest BCUT2D eigenvalue weighted by atomic mass is 10.1. The maximum Gasteiger partial charge on any atom is 0.0669 e. The Morgan fingerprint density at radius 1 is 1.50 bits per heavy atom. The monoisotopic (exact) mass is 222 g/mol. The molecule has 4 heteroatoms. The van der Waals surface area contributed by atoms with Crippen molar-refractivity contribution in [1.29, 1.82) is 5.26 Å². The number of nitrogens with zero attached hydrogens (tertiary/aromatic N) is 1. The van der Waals surface area contributed by atoms with E-state index < -0.39 is 0 Å². The quantitative estimate of drug-likeness (QED) is 0.806. The van der Waals surface area contributed by atoms with Crippen molar-refractivity contribution >= 4 is 38.7 Å². The number of nitrogen functional groups attached to an aromatic ring is 1. The fourth-order valence-electron chi connectivity index (χ4n) is 1.44. The number of benzene rings is 1. The third-order valence-corrected chi connectivity index (χ3v) is 3.52. The van der Waals surface area contributed by atoms with Gasteiger partial charge in [-0.2, -0.15) is 5.26 Å². The fraction of sp³-hybridized carbons (Fsp3) is 0.100. The standard InChI is InChI=1S/C10H7ClN2S/c11-7-2-1-6(3-4-12)9-8(13)5-14-10(7)9/h1-2,5H,3,13H2. The first-order chi connectivity index (χ1) is 6.74. The molecule has 2 aromatic rings. The van der Waals surface area contributed by atoms with Gasteiger partial charge in [0.25, 0.3) is 0 Å². The molecule has 0 bridgehead atoms. The number of nitrogens with two attached hydrogens (primary N) is 1. The van der Waals surface area contributed by atoms with E-state index in [1.165, 1.54) is 11.3 Å². The highest BCUT2D eigenvalue weighted by Crippen LogP contribution is 2.36. The Bertz CT molecular complexity index is 525. The zero-order valence-corrected chi connectivity index (χ0v) is 8.82. The third kappa shape index (κ3) is 1.33. The average molecular weight is 223 g/mol. The summed E-state index contributed by atoms with van der Waals surface area (Å²) in [6.07, 6.45) is 0.370. The van der Waals surface area contributed by atoms with Crippen molar-refractivity contribution in [2.24, 2.45) is 0 Å². The normalized spacial score (nSPS) is 10.3. The van der Waals surface area contributed by atoms with Crippen molar-refractivity contribution in [2.45, 2.75) is 6.42 Å². The summed E-state index contributed by atoms with van der Waals surface area (Å²) in [6.45, 7) is 0. The summed E-state index contributed by atoms with van der Waals surface area (Å²) < 4.78 is 0.969. The predicted molar refractivity (Wildman–Crippen MR) is 60.6 cm³/mol. The summed E-state index contributed by atoms with van der Waals surface area (Å²) >= 11 is 7.53. The fourth-order valence-corrected chi connectivity index (χ4v) is 2.64. The number of hydrogen-bond acceptors (Lipinski definition) is 3. The van der Waals surface area contributed by atoms with Crippen LogP contribution < -0.4 is 5.73 Å². The highest BCUT2D eigenvalue weighted by Gasteiger charge is 2.09. The van der Waals surface area contributed by atoms with Crippen molar-refractivity contribution in [3.63, 3.8) is 0 Å². The van der Waals surface area contributed by atoms with Gasteiger partial charge in [-0.1, -0.05) is 17.7 Å². The van der Waals surface area contributed by atoms with E-state index in [0.717, 1.165) is 15.6 Å². The van der Waals surface area contributed by atoms with Crippen molar-refractivity contribution in [3.05, 3.63) is 28.1 Å². The smallest absolute Gasteiger partial charge is 0.0669 e. The van der Waals surface area contributed by atoms with Crippen LogP contribution in [0.5, 0.6) is 0 Å². The van der Waals surface area contributed by atoms with Gasteiger partial charge in [0.1, 0.15) is 0 Å². The van der Waals surface area contributed by atoms with Crippen LogP contribution in [-0.2, 0) is 6.42 Å². The molecule has 0 unspecified atom stereocenters. The summed E-state index contributed by atoms with van der Waals surface area (Å²) in [7, 11) is 0. The van der Waals surface area contributed by atoms with Crippen LogP contribution in [0.1, 0.15) is 5.56 Å². The van der Waals surface area contributed by atoms with Gasteiger partial charge in [0.05, 0.1) is 27.9 Å². The molecule has 1 heterocycles. The lowest BCUT2D eigenvalue weighted by molar-refractivity contribution is 1.29. The second-order valence-corrected chi connectivity index (χ2v) is 4.22. The number of anilines is 1. The lowest BCUT2D eigenvalue weighted by Gasteiger charge is -2.00. The Kier molecular flexibility index (Phi) is 2.32. The zero-order chi connectivity index (χ0) is 10.1. The van der Waals surface area contributed by atoms with E-state index in [4.69, 9.17) is 22.6 Å². The van der Waals surface area contributed by atoms with Crippen molar-refractivity contribution < 1.29 is 0 Å². The Balaban J connectivity index is 2.80. The van der Waals surface area contributed by atoms with Gasteiger partial charge in [-0.3, -0.25) is 0 Å². The predicted octanol–water partition coefficient (Wildman–Crippen LogP) is 3.20. The summed E-state index contributed by atoms with van der Waals surface area (Å²) in [6, 6.07) is 5.79. The molecule has 0 saturated heterocycles. The Hall–Kier alpha value is -1.24. The molecule has 2 N–H and O–H groups in total. The SMILES string of the molecule is N#CCc1ccc(Cl)c2scc(N)c12. The van der Waals surface area contributed by atoms with Crippen LogP contribution in [0, 0.1) is 11.3 Å². The van der Waals surface area contributed by atoms with E-state index >= 15 is 0 Å². The molecule has 0 atom stereocenters. The summed E-state index contributed by atoms with van der Waals surface area (Å²) in [5.74, 6) is 0. The van der Waals surface area contributed by atoms with Gasteiger partial charge in [0, 0.05) is 10.8 Å². The van der Waals surface area contributed by atoms with Gasteiger partial charge in [0.2, 0.25) is 0 Å². The number of hydrogen-bond donors (Lipinski definition) is 1. The molecule has 70 valence electrons. The molecule has 2 rings (SSSR count). The molecule has 14 heavy (non-hydrogen) atoms. The van der Waals surface area contributed by atoms with Crippen LogP contribution in [0.2, 0.25) is 5.02 Å². The van der Waals surface area contributed by atoms with Gasteiger partial charge in [0.15, 0.2) is 0 Å². The van der Waals surface area contributed by atoms with Crippen LogP contribution in [-0.4, -0.2) is 0 Å². The summed E-state index contributed by atoms with van der Waals surface area (Å²) in [5, 5.41) is 12.1. The van der Waals surface area contributed by atoms with Crippen LogP contribution in [0.3, 0.4) is 0 Å². The van der Waals surface area contributed by atoms with Gasteiger partial charge in [-0.25, -0.2) is 0 Å². The maximum atomic E-state index is 8.66. The lowest BCUT2D eigenvalue weighted by Crippen LogP contribution is -1.87. The van der Waals surface area contributed by atoms with Crippen molar-refractivity contribution in [3.8, 4) is 6.07 Å². The number of fused-ring (bicyclic) bond motifs is 1. The first-order valence-electron chi connectivity index (χ1n) is 4.05. The molecule has 1 aromatic carbocycles. The number of nitriles is 1. The van der Waals surface area contributed by atoms with Crippen molar-refractivity contribution in [1.82, 2.24) is 0 Å². The second-order valence-electron chi connectivity index (χ2n) is 2.94. The Labute approximate surface area is 90.5 Å². The molecule has 0 radical (unpaired) electrons. The van der Waals surface area contributed by atoms with Crippen LogP contribution in [0.15, 0.2) is 17.5 Å². The number of rotatable bonds is 1. The van der Waals surface area contributed by atoms with Crippen LogP contribution in [0.25, 0.3) is 10.1 Å². The van der Waals surface area contributed by atoms with Gasteiger partial charge < -0.3 is 5.73 Å². The van der Waals surface area contributed by atoms with E-state index in [1.807, 2.05) is 17.5 Å². The largest absolute Gasteiger partial charge is 0.398 e. The first-order valence-corrected chi connectivity index (χ1v) is 5.31. The molecular weight excluding hydrogens is 216 g/mol. The van der Waals surface area contributed by atoms with Crippen LogP contribution >= 0.6 is 22.9 Å².